The molecule has 12 heavy (non-hydrogen) atoms. The van der Waals surface area contributed by atoms with Gasteiger partial charge in [0.15, 0.2) is 0 Å². The van der Waals surface area contributed by atoms with Crippen LogP contribution in [0.5, 0.6) is 0 Å². The molecule has 0 saturated carbocycles. The van der Waals surface area contributed by atoms with Gasteiger partial charge in [-0.25, -0.2) is 0 Å². The van der Waals surface area contributed by atoms with Gasteiger partial charge < -0.3 is 25.2 Å². The predicted octanol–water partition coefficient (Wildman–Crippen LogP) is -2.28. The highest BCUT2D eigenvalue weighted by atomic mass is 32.1. The zero-order valence-corrected chi connectivity index (χ0v) is 7.13. The first kappa shape index (κ1) is 10.2. The van der Waals surface area contributed by atoms with Crippen LogP contribution in [0.1, 0.15) is 0 Å². The number of hydrogen-bond donors (Lipinski definition) is 5. The minimum Gasteiger partial charge on any atom is -0.394 e. The molecule has 5 nitrogen and oxygen atoms in total. The SMILES string of the molecule is OC[C@H]1OC(S)[C@H](O)[C@@H](O)[C@H]1O. The van der Waals surface area contributed by atoms with E-state index in [0.29, 0.717) is 0 Å². The lowest BCUT2D eigenvalue weighted by atomic mass is 10.0. The van der Waals surface area contributed by atoms with Crippen molar-refractivity contribution in [2.24, 2.45) is 0 Å². The molecule has 1 rings (SSSR count). The van der Waals surface area contributed by atoms with Crippen LogP contribution in [-0.4, -0.2) is 56.9 Å². The molecule has 5 atom stereocenters. The van der Waals surface area contributed by atoms with Gasteiger partial charge in [-0.2, -0.15) is 0 Å². The molecule has 0 aromatic carbocycles. The Morgan fingerprint density at radius 1 is 1.08 bits per heavy atom. The maximum Gasteiger partial charge on any atom is 0.129 e. The minimum absolute atomic E-state index is 0.415. The summed E-state index contributed by atoms with van der Waals surface area (Å²) in [5.74, 6) is 0. The third-order valence-corrected chi connectivity index (χ3v) is 2.29. The molecule has 0 aliphatic carbocycles. The average Bonchev–Trinajstić information content (AvgIpc) is 2.08. The van der Waals surface area contributed by atoms with Crippen molar-refractivity contribution < 1.29 is 25.2 Å². The molecule has 6 heteroatoms. The van der Waals surface area contributed by atoms with E-state index >= 15 is 0 Å². The summed E-state index contributed by atoms with van der Waals surface area (Å²) >= 11 is 3.81. The third kappa shape index (κ3) is 1.73. The van der Waals surface area contributed by atoms with Crippen LogP contribution in [0.3, 0.4) is 0 Å². The van der Waals surface area contributed by atoms with Crippen molar-refractivity contribution in [1.29, 1.82) is 0 Å². The smallest absolute Gasteiger partial charge is 0.129 e. The van der Waals surface area contributed by atoms with E-state index in [1.165, 1.54) is 0 Å². The van der Waals surface area contributed by atoms with Gasteiger partial charge in [-0.3, -0.25) is 0 Å². The fraction of sp³-hybridized carbons (Fsp3) is 1.00. The molecule has 0 bridgehead atoms. The molecule has 1 aliphatic rings. The van der Waals surface area contributed by atoms with Crippen molar-refractivity contribution in [3.05, 3.63) is 0 Å². The van der Waals surface area contributed by atoms with E-state index in [4.69, 9.17) is 14.9 Å². The molecule has 0 aromatic rings. The standard InChI is InChI=1S/C6H12O5S/c7-1-2-3(8)4(9)5(10)6(12)11-2/h2-10,12H,1H2/t2-,3+,4+,5-,6?/m1/s1. The molecule has 1 heterocycles. The maximum absolute atomic E-state index is 9.20. The molecule has 0 amide bonds. The Kier molecular flexibility index (Phi) is 3.33. The molecule has 4 N–H and O–H groups in total. The monoisotopic (exact) mass is 196 g/mol. The predicted molar refractivity (Wildman–Crippen MR) is 42.8 cm³/mol. The van der Waals surface area contributed by atoms with Gasteiger partial charge in [0, 0.05) is 0 Å². The van der Waals surface area contributed by atoms with E-state index in [-0.39, 0.29) is 0 Å². The van der Waals surface area contributed by atoms with Gasteiger partial charge in [0.1, 0.15) is 29.9 Å². The van der Waals surface area contributed by atoms with Crippen LogP contribution in [0.4, 0.5) is 0 Å². The fourth-order valence-corrected chi connectivity index (χ4v) is 1.41. The summed E-state index contributed by atoms with van der Waals surface area (Å²) in [6, 6.07) is 0. The Labute approximate surface area is 75.0 Å². The van der Waals surface area contributed by atoms with Crippen molar-refractivity contribution in [1.82, 2.24) is 0 Å². The number of thiol groups is 1. The van der Waals surface area contributed by atoms with Crippen molar-refractivity contribution in [2.75, 3.05) is 6.61 Å². The Balaban J connectivity index is 2.63. The van der Waals surface area contributed by atoms with Crippen LogP contribution in [0.15, 0.2) is 0 Å². The molecular weight excluding hydrogens is 184 g/mol. The lowest BCUT2D eigenvalue weighted by Gasteiger charge is -2.37. The molecular formula is C6H12O5S. The minimum atomic E-state index is -1.32. The van der Waals surface area contributed by atoms with Gasteiger partial charge in [0.25, 0.3) is 0 Å². The van der Waals surface area contributed by atoms with Gasteiger partial charge in [0.05, 0.1) is 6.61 Å². The van der Waals surface area contributed by atoms with E-state index < -0.39 is 36.5 Å². The highest BCUT2D eigenvalue weighted by Crippen LogP contribution is 2.22. The van der Waals surface area contributed by atoms with E-state index in [9.17, 15) is 10.2 Å². The van der Waals surface area contributed by atoms with Crippen molar-refractivity contribution in [3.8, 4) is 0 Å². The van der Waals surface area contributed by atoms with Gasteiger partial charge >= 0.3 is 0 Å². The first-order chi connectivity index (χ1) is 5.57. The molecule has 1 aliphatic heterocycles. The summed E-state index contributed by atoms with van der Waals surface area (Å²) in [5.41, 5.74) is -0.874. The first-order valence-electron chi connectivity index (χ1n) is 3.56. The topological polar surface area (TPSA) is 90.2 Å². The third-order valence-electron chi connectivity index (χ3n) is 1.87. The lowest BCUT2D eigenvalue weighted by molar-refractivity contribution is -0.205. The van der Waals surface area contributed by atoms with Crippen molar-refractivity contribution >= 4 is 12.6 Å². The zero-order valence-electron chi connectivity index (χ0n) is 6.24. The summed E-state index contributed by atoms with van der Waals surface area (Å²) in [7, 11) is 0. The van der Waals surface area contributed by atoms with Gasteiger partial charge in [0.2, 0.25) is 0 Å². The van der Waals surface area contributed by atoms with Crippen molar-refractivity contribution in [3.63, 3.8) is 0 Å². The van der Waals surface area contributed by atoms with Gasteiger partial charge in [-0.15, -0.1) is 12.6 Å². The molecule has 1 unspecified atom stereocenters. The lowest BCUT2D eigenvalue weighted by Crippen LogP contribution is -2.56. The summed E-state index contributed by atoms with van der Waals surface area (Å²) in [4.78, 5) is 0. The van der Waals surface area contributed by atoms with E-state index in [1.54, 1.807) is 0 Å². The second kappa shape index (κ2) is 3.91. The first-order valence-corrected chi connectivity index (χ1v) is 4.08. The summed E-state index contributed by atoms with van der Waals surface area (Å²) in [6.45, 7) is -0.415. The Morgan fingerprint density at radius 3 is 2.17 bits per heavy atom. The second-order valence-electron chi connectivity index (χ2n) is 2.72. The van der Waals surface area contributed by atoms with Crippen molar-refractivity contribution in [2.45, 2.75) is 29.9 Å². The highest BCUT2D eigenvalue weighted by Gasteiger charge is 2.41. The number of rotatable bonds is 1. The number of aliphatic hydroxyl groups excluding tert-OH is 4. The van der Waals surface area contributed by atoms with E-state index in [0.717, 1.165) is 0 Å². The van der Waals surface area contributed by atoms with Crippen LogP contribution in [-0.2, 0) is 4.74 Å². The molecule has 0 radical (unpaired) electrons. The molecule has 0 spiro atoms. The zero-order chi connectivity index (χ0) is 9.30. The highest BCUT2D eigenvalue weighted by molar-refractivity contribution is 7.80. The van der Waals surface area contributed by atoms with Crippen LogP contribution in [0.25, 0.3) is 0 Å². The Bertz CT molecular complexity index is 150. The van der Waals surface area contributed by atoms with Crippen LogP contribution in [0, 0.1) is 0 Å². The molecule has 72 valence electrons. The van der Waals surface area contributed by atoms with E-state index in [1.807, 2.05) is 0 Å². The molecule has 1 fully saturated rings. The normalized spacial score (nSPS) is 49.2. The Hall–Kier alpha value is 0.150. The second-order valence-corrected chi connectivity index (χ2v) is 3.23. The largest absolute Gasteiger partial charge is 0.394 e. The van der Waals surface area contributed by atoms with Gasteiger partial charge in [-0.1, -0.05) is 0 Å². The summed E-state index contributed by atoms with van der Waals surface area (Å²) < 4.78 is 4.88. The average molecular weight is 196 g/mol. The molecule has 0 aromatic heterocycles. The maximum atomic E-state index is 9.20. The van der Waals surface area contributed by atoms with Gasteiger partial charge in [-0.05, 0) is 0 Å². The van der Waals surface area contributed by atoms with E-state index in [2.05, 4.69) is 12.6 Å². The number of ether oxygens (including phenoxy) is 1. The number of aliphatic hydroxyl groups is 4. The molecule has 1 saturated heterocycles. The van der Waals surface area contributed by atoms with Crippen LogP contribution in [0.2, 0.25) is 0 Å². The number of hydrogen-bond acceptors (Lipinski definition) is 6. The summed E-state index contributed by atoms with van der Waals surface area (Å²) in [6.07, 6.45) is -4.70. The van der Waals surface area contributed by atoms with Crippen LogP contribution < -0.4 is 0 Å². The van der Waals surface area contributed by atoms with Crippen LogP contribution >= 0.6 is 12.6 Å². The quantitative estimate of drug-likeness (QED) is 0.305. The Morgan fingerprint density at radius 2 is 1.67 bits per heavy atom. The summed E-state index contributed by atoms with van der Waals surface area (Å²) in [5, 5.41) is 36.2. The fourth-order valence-electron chi connectivity index (χ4n) is 1.08.